The number of nitrogens with zero attached hydrogens (tertiary/aromatic N) is 5. The number of benzene rings is 9. The van der Waals surface area contributed by atoms with Crippen molar-refractivity contribution in [3.8, 4) is 45.3 Å². The van der Waals surface area contributed by atoms with Gasteiger partial charge in [0.05, 0.1) is 44.9 Å². The SMILES string of the molecule is CC(C)(C)c1ccnc(-n2c3ccccc3c3ccc(Oc4cc(-n5c6ccccc6c6ccccc65)cc([N+]5=C=[N+](c6c(-c7ccccc7)cccc6-c6cc(F)cc(F)c6)c6ccccc65)c4)cc32)c1. The Morgan fingerprint density at radius 1 is 0.472 bits per heavy atom. The molecule has 3 aromatic heterocycles. The first-order valence-electron chi connectivity index (χ1n) is 24.1. The van der Waals surface area contributed by atoms with E-state index in [1.54, 1.807) is 0 Å². The molecule has 0 radical (unpaired) electrons. The summed E-state index contributed by atoms with van der Waals surface area (Å²) in [4.78, 5) is 4.92. The first-order valence-corrected chi connectivity index (χ1v) is 24.1. The zero-order valence-corrected chi connectivity index (χ0v) is 39.7. The Morgan fingerprint density at radius 2 is 1.06 bits per heavy atom. The van der Waals surface area contributed by atoms with E-state index in [2.05, 4.69) is 157 Å². The van der Waals surface area contributed by atoms with Crippen LogP contribution in [-0.2, 0) is 5.41 Å². The average Bonchev–Trinajstić information content (AvgIpc) is 4.06. The number of rotatable bonds is 8. The van der Waals surface area contributed by atoms with Gasteiger partial charge in [0, 0.05) is 64.1 Å². The van der Waals surface area contributed by atoms with E-state index >= 15 is 8.78 Å². The molecule has 6 nitrogen and oxygen atoms in total. The summed E-state index contributed by atoms with van der Waals surface area (Å²) < 4.78 is 45.9. The highest BCUT2D eigenvalue weighted by Crippen LogP contribution is 2.46. The van der Waals surface area contributed by atoms with E-state index < -0.39 is 11.6 Å². The number of ether oxygens (including phenoxy) is 1. The van der Waals surface area contributed by atoms with Crippen LogP contribution in [0.3, 0.4) is 0 Å². The molecule has 0 saturated heterocycles. The molecule has 0 bridgehead atoms. The molecule has 0 N–H and O–H groups in total. The Labute approximate surface area is 414 Å². The minimum absolute atomic E-state index is 0.0696. The third kappa shape index (κ3) is 7.19. The molecular formula is C64H45F2N5O+2. The molecule has 12 aromatic rings. The van der Waals surface area contributed by atoms with E-state index in [0.717, 1.165) is 95.1 Å². The highest BCUT2D eigenvalue weighted by molar-refractivity contribution is 6.10. The van der Waals surface area contributed by atoms with E-state index in [4.69, 9.17) is 9.72 Å². The zero-order valence-electron chi connectivity index (χ0n) is 39.7. The fourth-order valence-corrected chi connectivity index (χ4v) is 10.5. The van der Waals surface area contributed by atoms with Crippen LogP contribution in [0.4, 0.5) is 31.5 Å². The number of para-hydroxylation sites is 6. The van der Waals surface area contributed by atoms with Crippen LogP contribution in [0.25, 0.3) is 77.4 Å². The summed E-state index contributed by atoms with van der Waals surface area (Å²) in [6.45, 7) is 6.65. The van der Waals surface area contributed by atoms with Crippen molar-refractivity contribution in [2.24, 2.45) is 0 Å². The van der Waals surface area contributed by atoms with Crippen molar-refractivity contribution in [3.63, 3.8) is 0 Å². The molecule has 344 valence electrons. The number of hydrogen-bond acceptors (Lipinski definition) is 2. The first-order chi connectivity index (χ1) is 35.1. The summed E-state index contributed by atoms with van der Waals surface area (Å²) in [6.07, 6.45) is 1.90. The van der Waals surface area contributed by atoms with Gasteiger partial charge in [0.15, 0.2) is 0 Å². The molecule has 0 fully saturated rings. The fraction of sp³-hybridized carbons (Fsp3) is 0.0625. The summed E-state index contributed by atoms with van der Waals surface area (Å²) in [7, 11) is 0. The van der Waals surface area contributed by atoms with Crippen LogP contribution >= 0.6 is 0 Å². The van der Waals surface area contributed by atoms with Crippen LogP contribution in [0, 0.1) is 11.6 Å². The third-order valence-electron chi connectivity index (χ3n) is 13.8. The molecule has 4 heterocycles. The summed E-state index contributed by atoms with van der Waals surface area (Å²) in [5.74, 6) is 0.795. The summed E-state index contributed by atoms with van der Waals surface area (Å²) in [5.41, 5.74) is 12.2. The van der Waals surface area contributed by atoms with Gasteiger partial charge in [-0.05, 0) is 98.0 Å². The van der Waals surface area contributed by atoms with Crippen molar-refractivity contribution in [1.29, 1.82) is 0 Å². The topological polar surface area (TPSA) is 38.0 Å². The molecule has 9 aromatic carbocycles. The maximum absolute atomic E-state index is 15.1. The van der Waals surface area contributed by atoms with Crippen LogP contribution in [0.2, 0.25) is 0 Å². The lowest BCUT2D eigenvalue weighted by Crippen LogP contribution is -2.12. The highest BCUT2D eigenvalue weighted by Gasteiger charge is 2.40. The van der Waals surface area contributed by atoms with Gasteiger partial charge in [-0.25, -0.2) is 13.8 Å². The second-order valence-corrected chi connectivity index (χ2v) is 19.3. The Hall–Kier alpha value is -9.23. The van der Waals surface area contributed by atoms with Gasteiger partial charge in [0.25, 0.3) is 11.4 Å². The van der Waals surface area contributed by atoms with Gasteiger partial charge >= 0.3 is 6.01 Å². The maximum Gasteiger partial charge on any atom is 0.503 e. The van der Waals surface area contributed by atoms with E-state index in [0.29, 0.717) is 22.6 Å². The summed E-state index contributed by atoms with van der Waals surface area (Å²) in [5, 5.41) is 4.49. The standard InChI is InChI=1S/C64H45F2N5O/c1-64(2,3)43-30-31-67-62(34-43)71-58-25-12-9-20-54(58)55-29-28-48(39-61(55)71)72-49-37-46(36-47(38-49)70-56-23-10-7-18-52(56)53-19-8-11-24-57(53)70)68-40-69(60-27-14-13-26-59(60)68)63-50(41-16-5-4-6-17-41)21-15-22-51(63)42-32-44(65)35-45(66)33-42/h4-39H,1-3H3/q+2. The maximum atomic E-state index is 15.1. The molecule has 13 rings (SSSR count). The van der Waals surface area contributed by atoms with Crippen molar-refractivity contribution in [2.45, 2.75) is 26.2 Å². The molecule has 1 aliphatic heterocycles. The largest absolute Gasteiger partial charge is 0.503 e. The molecule has 8 heteroatoms. The van der Waals surface area contributed by atoms with E-state index in [-0.39, 0.29) is 5.41 Å². The molecule has 0 unspecified atom stereocenters. The van der Waals surface area contributed by atoms with Crippen LogP contribution in [0.15, 0.2) is 219 Å². The van der Waals surface area contributed by atoms with Crippen LogP contribution in [-0.4, -0.2) is 20.1 Å². The van der Waals surface area contributed by atoms with Crippen molar-refractivity contribution in [3.05, 3.63) is 236 Å². The fourth-order valence-electron chi connectivity index (χ4n) is 10.5. The van der Waals surface area contributed by atoms with E-state index in [1.807, 2.05) is 88.1 Å². The van der Waals surface area contributed by atoms with Crippen LogP contribution in [0.5, 0.6) is 11.5 Å². The Bertz CT molecular complexity index is 4180. The lowest BCUT2D eigenvalue weighted by Gasteiger charge is -2.20. The van der Waals surface area contributed by atoms with E-state index in [1.165, 1.54) is 17.7 Å². The number of hydrogen-bond donors (Lipinski definition) is 0. The average molecular weight is 938 g/mol. The quantitative estimate of drug-likeness (QED) is 0.142. The van der Waals surface area contributed by atoms with Crippen LogP contribution in [0.1, 0.15) is 26.3 Å². The number of fused-ring (bicyclic) bond motifs is 7. The Kier molecular flexibility index (Phi) is 9.95. The van der Waals surface area contributed by atoms with Crippen molar-refractivity contribution < 1.29 is 13.5 Å². The predicted molar refractivity (Wildman–Crippen MR) is 290 cm³/mol. The summed E-state index contributed by atoms with van der Waals surface area (Å²) >= 11 is 0. The highest BCUT2D eigenvalue weighted by atomic mass is 19.1. The van der Waals surface area contributed by atoms with Crippen molar-refractivity contribution >= 4 is 72.4 Å². The molecular weight excluding hydrogens is 893 g/mol. The van der Waals surface area contributed by atoms with Gasteiger partial charge in [-0.1, -0.05) is 124 Å². The molecule has 0 saturated carbocycles. The minimum Gasteiger partial charge on any atom is -0.457 e. The van der Waals surface area contributed by atoms with Gasteiger partial charge in [-0.15, -0.1) is 0 Å². The van der Waals surface area contributed by atoms with Crippen molar-refractivity contribution in [2.75, 3.05) is 0 Å². The van der Waals surface area contributed by atoms with Crippen LogP contribution < -0.4 is 13.9 Å². The number of halogens is 2. The van der Waals surface area contributed by atoms with Gasteiger partial charge in [-0.3, -0.25) is 4.57 Å². The lowest BCUT2D eigenvalue weighted by molar-refractivity contribution is 0.483. The lowest BCUT2D eigenvalue weighted by atomic mass is 9.88. The monoisotopic (exact) mass is 937 g/mol. The second kappa shape index (κ2) is 16.7. The second-order valence-electron chi connectivity index (χ2n) is 19.3. The smallest absolute Gasteiger partial charge is 0.457 e. The third-order valence-corrected chi connectivity index (χ3v) is 13.8. The van der Waals surface area contributed by atoms with E-state index in [9.17, 15) is 0 Å². The molecule has 1 aliphatic rings. The van der Waals surface area contributed by atoms with Crippen molar-refractivity contribution in [1.82, 2.24) is 23.3 Å². The molecule has 72 heavy (non-hydrogen) atoms. The van der Waals surface area contributed by atoms with Gasteiger partial charge in [0.2, 0.25) is 11.4 Å². The summed E-state index contributed by atoms with van der Waals surface area (Å²) in [6, 6.07) is 73.7. The number of pyridine rings is 1. The molecule has 0 atom stereocenters. The van der Waals surface area contributed by atoms with Gasteiger partial charge in [0.1, 0.15) is 29.0 Å². The Balaban J connectivity index is 1.05. The molecule has 0 spiro atoms. The van der Waals surface area contributed by atoms with Gasteiger partial charge < -0.3 is 9.30 Å². The Morgan fingerprint density at radius 3 is 1.72 bits per heavy atom. The predicted octanol–water partition coefficient (Wildman–Crippen LogP) is 16.8. The minimum atomic E-state index is -0.654. The first kappa shape index (κ1) is 42.8. The normalized spacial score (nSPS) is 12.5. The molecule has 0 amide bonds. The van der Waals surface area contributed by atoms with Gasteiger partial charge in [-0.2, -0.15) is 0 Å². The number of aromatic nitrogens is 3. The molecule has 0 aliphatic carbocycles. The zero-order chi connectivity index (χ0) is 48.7.